The van der Waals surface area contributed by atoms with Gasteiger partial charge in [0.05, 0.1) is 11.2 Å². The zero-order valence-corrected chi connectivity index (χ0v) is 13.2. The van der Waals surface area contributed by atoms with Crippen LogP contribution in [0.3, 0.4) is 0 Å². The Labute approximate surface area is 122 Å². The van der Waals surface area contributed by atoms with Crippen LogP contribution in [-0.4, -0.2) is 23.3 Å². The lowest BCUT2D eigenvalue weighted by Gasteiger charge is -2.32. The van der Waals surface area contributed by atoms with Crippen LogP contribution in [0, 0.1) is 12.8 Å². The summed E-state index contributed by atoms with van der Waals surface area (Å²) < 4.78 is 12.4. The van der Waals surface area contributed by atoms with E-state index in [1.54, 1.807) is 0 Å². The Morgan fingerprint density at radius 3 is 2.30 bits per heavy atom. The van der Waals surface area contributed by atoms with Crippen LogP contribution in [-0.2, 0) is 15.7 Å². The average Bonchev–Trinajstić information content (AvgIpc) is 3.10. The van der Waals surface area contributed by atoms with Gasteiger partial charge in [-0.1, -0.05) is 0 Å². The van der Waals surface area contributed by atoms with Gasteiger partial charge in [0.25, 0.3) is 0 Å². The van der Waals surface area contributed by atoms with Crippen LogP contribution < -0.4 is 5.46 Å². The largest absolute Gasteiger partial charge is 0.496 e. The molecule has 0 bridgehead atoms. The molecular formula is C16H24BNO2. The van der Waals surface area contributed by atoms with Crippen molar-refractivity contribution in [3.05, 3.63) is 23.5 Å². The first-order valence-corrected chi connectivity index (χ1v) is 7.59. The second kappa shape index (κ2) is 4.57. The SMILES string of the molecule is Cc1cncc(B2OC(C)(C)C(C)(C)O2)c1CC1CC1. The van der Waals surface area contributed by atoms with Crippen molar-refractivity contribution in [2.24, 2.45) is 5.92 Å². The molecule has 0 amide bonds. The van der Waals surface area contributed by atoms with Gasteiger partial charge in [0.1, 0.15) is 0 Å². The summed E-state index contributed by atoms with van der Waals surface area (Å²) >= 11 is 0. The third-order valence-corrected chi connectivity index (χ3v) is 5.00. The minimum atomic E-state index is -0.293. The van der Waals surface area contributed by atoms with Crippen molar-refractivity contribution in [3.63, 3.8) is 0 Å². The summed E-state index contributed by atoms with van der Waals surface area (Å²) in [5.74, 6) is 0.845. The molecule has 1 aromatic rings. The van der Waals surface area contributed by atoms with Crippen molar-refractivity contribution in [1.29, 1.82) is 0 Å². The van der Waals surface area contributed by atoms with Crippen LogP contribution >= 0.6 is 0 Å². The number of aromatic nitrogens is 1. The predicted molar refractivity (Wildman–Crippen MR) is 81.1 cm³/mol. The molecule has 2 heterocycles. The Balaban J connectivity index is 1.93. The highest BCUT2D eigenvalue weighted by atomic mass is 16.7. The normalized spacial score (nSPS) is 24.1. The molecule has 0 radical (unpaired) electrons. The molecule has 4 heteroatoms. The van der Waals surface area contributed by atoms with Crippen molar-refractivity contribution in [2.75, 3.05) is 0 Å². The topological polar surface area (TPSA) is 31.4 Å². The van der Waals surface area contributed by atoms with Crippen molar-refractivity contribution in [2.45, 2.75) is 65.1 Å². The first-order valence-electron chi connectivity index (χ1n) is 7.59. The molecule has 0 atom stereocenters. The van der Waals surface area contributed by atoms with E-state index in [-0.39, 0.29) is 18.3 Å². The van der Waals surface area contributed by atoms with E-state index in [1.165, 1.54) is 24.0 Å². The lowest BCUT2D eigenvalue weighted by atomic mass is 9.75. The Bertz CT molecular complexity index is 507. The Morgan fingerprint density at radius 1 is 1.15 bits per heavy atom. The fourth-order valence-corrected chi connectivity index (χ4v) is 2.68. The van der Waals surface area contributed by atoms with Gasteiger partial charge in [-0.05, 0) is 70.9 Å². The summed E-state index contributed by atoms with van der Waals surface area (Å²) in [4.78, 5) is 4.35. The van der Waals surface area contributed by atoms with Gasteiger partial charge in [0, 0.05) is 17.9 Å². The number of rotatable bonds is 3. The number of nitrogens with zero attached hydrogens (tertiary/aromatic N) is 1. The third-order valence-electron chi connectivity index (χ3n) is 5.00. The molecule has 1 aliphatic carbocycles. The standard InChI is InChI=1S/C16H24BNO2/c1-11-9-18-10-14(13(11)8-12-6-7-12)17-19-15(2,3)16(4,5)20-17/h9-10,12H,6-8H2,1-5H3. The highest BCUT2D eigenvalue weighted by Gasteiger charge is 2.52. The summed E-state index contributed by atoms with van der Waals surface area (Å²) in [6, 6.07) is 0. The lowest BCUT2D eigenvalue weighted by molar-refractivity contribution is 0.00578. The van der Waals surface area contributed by atoms with Crippen LogP contribution in [0.2, 0.25) is 0 Å². The quantitative estimate of drug-likeness (QED) is 0.793. The van der Waals surface area contributed by atoms with E-state index >= 15 is 0 Å². The van der Waals surface area contributed by atoms with Crippen LogP contribution in [0.15, 0.2) is 12.4 Å². The van der Waals surface area contributed by atoms with Gasteiger partial charge in [0.2, 0.25) is 0 Å². The monoisotopic (exact) mass is 273 g/mol. The van der Waals surface area contributed by atoms with E-state index in [9.17, 15) is 0 Å². The van der Waals surface area contributed by atoms with E-state index in [1.807, 2.05) is 12.4 Å². The molecule has 1 saturated carbocycles. The zero-order valence-electron chi connectivity index (χ0n) is 13.2. The van der Waals surface area contributed by atoms with E-state index in [0.717, 1.165) is 17.8 Å². The zero-order chi connectivity index (χ0) is 14.5. The number of pyridine rings is 1. The maximum Gasteiger partial charge on any atom is 0.496 e. The average molecular weight is 273 g/mol. The number of hydrogen-bond donors (Lipinski definition) is 0. The van der Waals surface area contributed by atoms with Crippen LogP contribution in [0.25, 0.3) is 0 Å². The van der Waals surface area contributed by atoms with Crippen molar-refractivity contribution in [1.82, 2.24) is 4.98 Å². The Kier molecular flexibility index (Phi) is 3.22. The molecule has 3 nitrogen and oxygen atoms in total. The summed E-state index contributed by atoms with van der Waals surface area (Å²) in [5.41, 5.74) is 3.16. The molecule has 1 aromatic heterocycles. The van der Waals surface area contributed by atoms with Crippen LogP contribution in [0.1, 0.15) is 51.7 Å². The second-order valence-electron chi connectivity index (χ2n) is 7.26. The molecule has 3 rings (SSSR count). The smallest absolute Gasteiger partial charge is 0.399 e. The fraction of sp³-hybridized carbons (Fsp3) is 0.688. The van der Waals surface area contributed by atoms with Gasteiger partial charge in [0.15, 0.2) is 0 Å². The second-order valence-corrected chi connectivity index (χ2v) is 7.26. The van der Waals surface area contributed by atoms with E-state index in [4.69, 9.17) is 9.31 Å². The van der Waals surface area contributed by atoms with Crippen LogP contribution in [0.5, 0.6) is 0 Å². The third kappa shape index (κ3) is 2.40. The van der Waals surface area contributed by atoms with Crippen LogP contribution in [0.4, 0.5) is 0 Å². The summed E-state index contributed by atoms with van der Waals surface area (Å²) in [5, 5.41) is 0. The number of aryl methyl sites for hydroxylation is 1. The van der Waals surface area contributed by atoms with E-state index in [2.05, 4.69) is 39.6 Å². The molecule has 0 spiro atoms. The minimum absolute atomic E-state index is 0.291. The predicted octanol–water partition coefficient (Wildman–Crippen LogP) is 2.64. The molecule has 108 valence electrons. The Hall–Kier alpha value is -0.865. The van der Waals surface area contributed by atoms with Gasteiger partial charge >= 0.3 is 7.12 Å². The molecule has 2 aliphatic rings. The molecule has 0 N–H and O–H groups in total. The molecule has 2 fully saturated rings. The molecule has 0 unspecified atom stereocenters. The first kappa shape index (κ1) is 14.1. The number of hydrogen-bond acceptors (Lipinski definition) is 3. The lowest BCUT2D eigenvalue weighted by Crippen LogP contribution is -2.41. The van der Waals surface area contributed by atoms with Gasteiger partial charge < -0.3 is 9.31 Å². The van der Waals surface area contributed by atoms with Gasteiger partial charge in [-0.15, -0.1) is 0 Å². The molecule has 0 aromatic carbocycles. The molecular weight excluding hydrogens is 249 g/mol. The Morgan fingerprint density at radius 2 is 1.75 bits per heavy atom. The fourth-order valence-electron chi connectivity index (χ4n) is 2.68. The minimum Gasteiger partial charge on any atom is -0.399 e. The van der Waals surface area contributed by atoms with E-state index in [0.29, 0.717) is 0 Å². The van der Waals surface area contributed by atoms with Crippen molar-refractivity contribution < 1.29 is 9.31 Å². The van der Waals surface area contributed by atoms with Gasteiger partial charge in [-0.2, -0.15) is 0 Å². The first-order chi connectivity index (χ1) is 9.30. The van der Waals surface area contributed by atoms with E-state index < -0.39 is 0 Å². The molecule has 20 heavy (non-hydrogen) atoms. The highest BCUT2D eigenvalue weighted by molar-refractivity contribution is 6.62. The van der Waals surface area contributed by atoms with Gasteiger partial charge in [-0.25, -0.2) is 0 Å². The van der Waals surface area contributed by atoms with Crippen molar-refractivity contribution in [3.8, 4) is 0 Å². The molecule has 1 saturated heterocycles. The van der Waals surface area contributed by atoms with Gasteiger partial charge in [-0.3, -0.25) is 4.98 Å². The maximum atomic E-state index is 6.19. The summed E-state index contributed by atoms with van der Waals surface area (Å²) in [7, 11) is -0.291. The maximum absolute atomic E-state index is 6.19. The molecule has 1 aliphatic heterocycles. The summed E-state index contributed by atoms with van der Waals surface area (Å²) in [6.07, 6.45) is 7.71. The van der Waals surface area contributed by atoms with Crippen molar-refractivity contribution >= 4 is 12.6 Å². The highest BCUT2D eigenvalue weighted by Crippen LogP contribution is 2.38. The summed E-state index contributed by atoms with van der Waals surface area (Å²) in [6.45, 7) is 10.5.